The summed E-state index contributed by atoms with van der Waals surface area (Å²) in [7, 11) is 0. The molecule has 0 aromatic carbocycles. The van der Waals surface area contributed by atoms with Gasteiger partial charge in [-0.05, 0) is 36.8 Å². The van der Waals surface area contributed by atoms with Crippen molar-refractivity contribution in [2.24, 2.45) is 5.41 Å². The minimum atomic E-state index is -0.921. The Labute approximate surface area is 299 Å². The van der Waals surface area contributed by atoms with Gasteiger partial charge in [-0.3, -0.25) is 4.98 Å². The van der Waals surface area contributed by atoms with Gasteiger partial charge in [0.25, 0.3) is 0 Å². The lowest BCUT2D eigenvalue weighted by Crippen LogP contribution is -2.59. The van der Waals surface area contributed by atoms with Crippen LogP contribution in [0, 0.1) is 5.41 Å². The zero-order valence-corrected chi connectivity index (χ0v) is 30.9. The molecule has 0 bridgehead atoms. The Hall–Kier alpha value is -2.61. The number of rotatable bonds is 6. The number of halogens is 4. The minimum Gasteiger partial charge on any atom is -0.465 e. The zero-order chi connectivity index (χ0) is 33.5. The van der Waals surface area contributed by atoms with Gasteiger partial charge < -0.3 is 29.8 Å². The summed E-state index contributed by atoms with van der Waals surface area (Å²) in [5.74, 6) is -0.148. The molecule has 0 saturated carbocycles. The molecule has 2 aromatic rings. The van der Waals surface area contributed by atoms with E-state index in [-0.39, 0.29) is 48.3 Å². The number of piperazine rings is 2. The van der Waals surface area contributed by atoms with Crippen LogP contribution in [0.25, 0.3) is 0 Å². The van der Waals surface area contributed by atoms with Crippen LogP contribution >= 0.6 is 48.0 Å². The fraction of sp³-hybridized carbons (Fsp3) is 0.581. The highest BCUT2D eigenvalue weighted by atomic mass is 35.5. The molecule has 47 heavy (non-hydrogen) atoms. The smallest absolute Gasteiger partial charge is 0.407 e. The number of hydroxylamine groups is 2. The van der Waals surface area contributed by atoms with Crippen LogP contribution in [-0.4, -0.2) is 101 Å². The third-order valence-corrected chi connectivity index (χ3v) is 8.06. The summed E-state index contributed by atoms with van der Waals surface area (Å²) in [6.45, 7) is 17.9. The fourth-order valence-corrected chi connectivity index (χ4v) is 5.59. The molecule has 2 aliphatic heterocycles. The normalized spacial score (nSPS) is 16.8. The predicted octanol–water partition coefficient (Wildman–Crippen LogP) is 6.19. The maximum atomic E-state index is 12.1. The van der Waals surface area contributed by atoms with E-state index >= 15 is 0 Å². The zero-order valence-electron chi connectivity index (χ0n) is 27.8. The first-order valence-electron chi connectivity index (χ1n) is 15.0. The molecular weight excluding hydrogens is 694 g/mol. The molecule has 1 amide bonds. The Bertz CT molecular complexity index is 1350. The Morgan fingerprint density at radius 1 is 0.979 bits per heavy atom. The summed E-state index contributed by atoms with van der Waals surface area (Å²) >= 11 is 12.6. The van der Waals surface area contributed by atoms with E-state index in [9.17, 15) is 19.5 Å². The molecule has 0 unspecified atom stereocenters. The molecule has 0 radical (unpaired) electrons. The minimum absolute atomic E-state index is 0. The van der Waals surface area contributed by atoms with Gasteiger partial charge >= 0.3 is 18.0 Å². The number of carbonyl (C=O) groups is 3. The second-order valence-electron chi connectivity index (χ2n) is 12.6. The Kier molecular flexibility index (Phi) is 17.0. The van der Waals surface area contributed by atoms with Crippen molar-refractivity contribution in [2.45, 2.75) is 66.5 Å². The quantitative estimate of drug-likeness (QED) is 0.328. The van der Waals surface area contributed by atoms with Crippen molar-refractivity contribution in [3.63, 3.8) is 0 Å². The van der Waals surface area contributed by atoms with E-state index in [1.165, 1.54) is 17.3 Å². The van der Waals surface area contributed by atoms with E-state index in [4.69, 9.17) is 32.8 Å². The number of carboxylic acid groups (broad SMARTS) is 1. The van der Waals surface area contributed by atoms with E-state index in [2.05, 4.69) is 15.3 Å². The van der Waals surface area contributed by atoms with E-state index in [0.717, 1.165) is 18.7 Å². The Morgan fingerprint density at radius 2 is 1.62 bits per heavy atom. The molecule has 12 nitrogen and oxygen atoms in total. The lowest BCUT2D eigenvalue weighted by molar-refractivity contribution is -0.115. The third-order valence-electron chi connectivity index (χ3n) is 7.36. The van der Waals surface area contributed by atoms with Gasteiger partial charge in [0.1, 0.15) is 5.82 Å². The van der Waals surface area contributed by atoms with Crippen LogP contribution < -0.4 is 10.2 Å². The van der Waals surface area contributed by atoms with Crippen LogP contribution in [0.4, 0.5) is 10.6 Å². The number of nitrogens with zero attached hydrogens (tertiary/aromatic N) is 5. The number of pyridine rings is 2. The van der Waals surface area contributed by atoms with Gasteiger partial charge in [-0.2, -0.15) is 0 Å². The van der Waals surface area contributed by atoms with E-state index < -0.39 is 18.0 Å². The van der Waals surface area contributed by atoms with Crippen molar-refractivity contribution in [1.82, 2.24) is 25.2 Å². The summed E-state index contributed by atoms with van der Waals surface area (Å²) in [6, 6.07) is 1.35. The molecule has 2 saturated heterocycles. The summed E-state index contributed by atoms with van der Waals surface area (Å²) < 4.78 is 5.16. The van der Waals surface area contributed by atoms with Crippen LogP contribution in [0.3, 0.4) is 0 Å². The second kappa shape index (κ2) is 18.8. The first-order chi connectivity index (χ1) is 21.1. The van der Waals surface area contributed by atoms with Gasteiger partial charge in [0.15, 0.2) is 0 Å². The largest absolute Gasteiger partial charge is 0.465 e. The summed E-state index contributed by atoms with van der Waals surface area (Å²) in [5.41, 5.74) is 1.25. The molecule has 2 N–H and O–H groups in total. The highest BCUT2D eigenvalue weighted by Gasteiger charge is 2.38. The number of ether oxygens (including phenoxy) is 1. The maximum Gasteiger partial charge on any atom is 0.407 e. The molecule has 1 atom stereocenters. The van der Waals surface area contributed by atoms with Gasteiger partial charge in [0, 0.05) is 64.4 Å². The fourth-order valence-electron chi connectivity index (χ4n) is 4.91. The number of hydrogen-bond donors (Lipinski definition) is 2. The van der Waals surface area contributed by atoms with Crippen LogP contribution in [0.15, 0.2) is 24.7 Å². The maximum absolute atomic E-state index is 12.1. The Balaban J connectivity index is 0.000000470. The van der Waals surface area contributed by atoms with Crippen molar-refractivity contribution >= 4 is 71.9 Å². The molecule has 4 heterocycles. The first-order valence-corrected chi connectivity index (χ1v) is 15.8. The van der Waals surface area contributed by atoms with Crippen LogP contribution in [0.5, 0.6) is 0 Å². The monoisotopic (exact) mass is 738 g/mol. The molecule has 16 heteroatoms. The number of aromatic nitrogens is 2. The Morgan fingerprint density at radius 3 is 2.15 bits per heavy atom. The molecule has 264 valence electrons. The lowest BCUT2D eigenvalue weighted by Gasteiger charge is -2.46. The van der Waals surface area contributed by atoms with Crippen molar-refractivity contribution in [1.29, 1.82) is 0 Å². The molecular formula is C31H46Cl4N6O6. The molecule has 2 aromatic heterocycles. The van der Waals surface area contributed by atoms with Crippen molar-refractivity contribution in [3.05, 3.63) is 51.4 Å². The average molecular weight is 741 g/mol. The topological polar surface area (TPSA) is 137 Å². The number of amides is 1. The molecule has 0 aliphatic carbocycles. The number of esters is 1. The number of hydrogen-bond acceptors (Lipinski definition) is 10. The van der Waals surface area contributed by atoms with Gasteiger partial charge in [0.2, 0.25) is 0 Å². The van der Waals surface area contributed by atoms with Gasteiger partial charge in [-0.15, -0.1) is 29.9 Å². The average Bonchev–Trinajstić information content (AvgIpc) is 2.96. The highest BCUT2D eigenvalue weighted by Crippen LogP contribution is 2.32. The summed E-state index contributed by atoms with van der Waals surface area (Å²) in [5, 5.41) is 15.1. The standard InChI is InChI=1S/C18H26ClN3O4.C13H18ClN3O2.2ClH/c1-11(2)26-16(23)12-8-13(19)15(20-9-12)21-6-7-22(17(24)25)14(10-21)18(3,4)5;1-9(2)10-7-16-8-11(12(10)14)13(18)19-17-5-3-15-4-6-17;;/h8-9,11,14H,6-7,10H2,1-5H3,(H,24,25);7-9,15H,3-6H2,1-2H3;2*1H/t14-;;;/m1.../s1. The van der Waals surface area contributed by atoms with Crippen molar-refractivity contribution in [3.8, 4) is 0 Å². The molecule has 0 spiro atoms. The van der Waals surface area contributed by atoms with Crippen molar-refractivity contribution < 1.29 is 29.1 Å². The SMILES string of the molecule is CC(C)OC(=O)c1cnc(N2CCN(C(=O)O)[C@@H](C(C)(C)C)C2)c(Cl)c1.CC(C)c1cncc(C(=O)ON2CCNCC2)c1Cl.Cl.Cl. The summed E-state index contributed by atoms with van der Waals surface area (Å²) in [6.07, 6.45) is 3.45. The number of nitrogens with one attached hydrogen (secondary N) is 1. The second-order valence-corrected chi connectivity index (χ2v) is 13.4. The molecule has 2 aliphatic rings. The third kappa shape index (κ3) is 11.8. The van der Waals surface area contributed by atoms with Gasteiger partial charge in [-0.25, -0.2) is 19.4 Å². The van der Waals surface area contributed by atoms with Crippen molar-refractivity contribution in [2.75, 3.05) is 50.7 Å². The molecule has 4 rings (SSSR count). The highest BCUT2D eigenvalue weighted by molar-refractivity contribution is 6.34. The molecule has 2 fully saturated rings. The van der Waals surface area contributed by atoms with Crippen LogP contribution in [-0.2, 0) is 9.57 Å². The summed E-state index contributed by atoms with van der Waals surface area (Å²) in [4.78, 5) is 52.8. The predicted molar refractivity (Wildman–Crippen MR) is 188 cm³/mol. The first kappa shape index (κ1) is 42.4. The number of carbonyl (C=O) groups excluding carboxylic acids is 2. The van der Waals surface area contributed by atoms with Gasteiger partial charge in [-0.1, -0.05) is 57.8 Å². The van der Waals surface area contributed by atoms with Gasteiger partial charge in [0.05, 0.1) is 33.3 Å². The van der Waals surface area contributed by atoms with E-state index in [0.29, 0.717) is 59.7 Å². The van der Waals surface area contributed by atoms with E-state index in [1.54, 1.807) is 31.2 Å². The lowest BCUT2D eigenvalue weighted by atomic mass is 9.84. The van der Waals surface area contributed by atoms with E-state index in [1.807, 2.05) is 39.5 Å². The van der Waals surface area contributed by atoms with Crippen LogP contribution in [0.2, 0.25) is 10.0 Å². The van der Waals surface area contributed by atoms with Crippen LogP contribution in [0.1, 0.15) is 80.7 Å². The number of anilines is 1.